The Bertz CT molecular complexity index is 562. The minimum Gasteiger partial charge on any atom is -0.392 e. The second-order valence-electron chi connectivity index (χ2n) is 4.64. The van der Waals surface area contributed by atoms with E-state index in [0.29, 0.717) is 24.5 Å². The molecule has 4 nitrogen and oxygen atoms in total. The molecule has 1 heterocycles. The van der Waals surface area contributed by atoms with Crippen molar-refractivity contribution in [1.29, 1.82) is 0 Å². The number of hydrogen-bond acceptors (Lipinski definition) is 4. The van der Waals surface area contributed by atoms with E-state index in [1.54, 1.807) is 6.07 Å². The largest absolute Gasteiger partial charge is 0.392 e. The van der Waals surface area contributed by atoms with Gasteiger partial charge >= 0.3 is 0 Å². The summed E-state index contributed by atoms with van der Waals surface area (Å²) in [5, 5.41) is 9.93. The van der Waals surface area contributed by atoms with E-state index in [1.165, 1.54) is 12.1 Å². The molecule has 0 aromatic heterocycles. The van der Waals surface area contributed by atoms with Crippen LogP contribution in [0.15, 0.2) is 23.1 Å². The van der Waals surface area contributed by atoms with Gasteiger partial charge in [-0.05, 0) is 24.6 Å². The van der Waals surface area contributed by atoms with Crippen LogP contribution in [-0.2, 0) is 9.84 Å². The van der Waals surface area contributed by atoms with E-state index in [9.17, 15) is 13.5 Å². The van der Waals surface area contributed by atoms with Crippen LogP contribution in [-0.4, -0.2) is 49.9 Å². The maximum Gasteiger partial charge on any atom is 0.181 e. The molecule has 1 aliphatic rings. The third-order valence-electron chi connectivity index (χ3n) is 3.15. The molecule has 1 atom stereocenters. The summed E-state index contributed by atoms with van der Waals surface area (Å²) in [6, 6.07) is 4.41. The van der Waals surface area contributed by atoms with E-state index < -0.39 is 9.84 Å². The fourth-order valence-electron chi connectivity index (χ4n) is 2.09. The van der Waals surface area contributed by atoms with Gasteiger partial charge < -0.3 is 5.11 Å². The number of sulfone groups is 1. The Morgan fingerprint density at radius 1 is 1.37 bits per heavy atom. The second kappa shape index (κ2) is 5.97. The Labute approximate surface area is 122 Å². The minimum atomic E-state index is -3.46. The lowest BCUT2D eigenvalue weighted by atomic mass is 10.3. The lowest BCUT2D eigenvalue weighted by Gasteiger charge is -2.15. The highest BCUT2D eigenvalue weighted by molar-refractivity contribution is 7.91. The molecule has 0 radical (unpaired) electrons. The lowest BCUT2D eigenvalue weighted by molar-refractivity contribution is 0.178. The first kappa shape index (κ1) is 15.1. The van der Waals surface area contributed by atoms with Crippen LogP contribution in [0.2, 0.25) is 10.0 Å². The number of halogens is 2. The average Bonchev–Trinajstić information content (AvgIpc) is 2.76. The van der Waals surface area contributed by atoms with Crippen LogP contribution in [0.1, 0.15) is 6.42 Å². The van der Waals surface area contributed by atoms with Crippen molar-refractivity contribution in [1.82, 2.24) is 4.90 Å². The Hall–Kier alpha value is -0.330. The van der Waals surface area contributed by atoms with E-state index in [-0.39, 0.29) is 21.8 Å². The molecule has 0 amide bonds. The molecular weight excluding hydrogens is 309 g/mol. The monoisotopic (exact) mass is 323 g/mol. The highest BCUT2D eigenvalue weighted by atomic mass is 35.5. The van der Waals surface area contributed by atoms with E-state index in [0.717, 1.165) is 6.54 Å². The number of nitrogens with zero attached hydrogens (tertiary/aromatic N) is 1. The minimum absolute atomic E-state index is 0.0280. The molecule has 1 aliphatic heterocycles. The summed E-state index contributed by atoms with van der Waals surface area (Å²) >= 11 is 11.7. The van der Waals surface area contributed by atoms with Crippen LogP contribution in [0, 0.1) is 0 Å². The molecular formula is C12H15Cl2NO3S. The summed E-state index contributed by atoms with van der Waals surface area (Å²) in [6.07, 6.45) is 0.343. The third kappa shape index (κ3) is 3.83. The van der Waals surface area contributed by atoms with Crippen molar-refractivity contribution in [3.63, 3.8) is 0 Å². The molecule has 19 heavy (non-hydrogen) atoms. The molecule has 0 spiro atoms. The zero-order valence-corrected chi connectivity index (χ0v) is 12.5. The zero-order valence-electron chi connectivity index (χ0n) is 10.2. The Kier molecular flexibility index (Phi) is 4.74. The molecule has 1 saturated heterocycles. The standard InChI is InChI=1S/C12H15Cl2NO3S/c13-9-1-2-11(14)12(7-9)19(17,18)6-5-15-4-3-10(16)8-15/h1-2,7,10,16H,3-6,8H2/t10-/m0/s1. The first-order valence-electron chi connectivity index (χ1n) is 5.97. The molecule has 1 N–H and O–H groups in total. The number of benzene rings is 1. The molecule has 0 saturated carbocycles. The number of likely N-dealkylation sites (tertiary alicyclic amines) is 1. The average molecular weight is 324 g/mol. The Morgan fingerprint density at radius 3 is 2.74 bits per heavy atom. The summed E-state index contributed by atoms with van der Waals surface area (Å²) < 4.78 is 24.4. The molecule has 1 aromatic carbocycles. The highest BCUT2D eigenvalue weighted by Crippen LogP contribution is 2.26. The van der Waals surface area contributed by atoms with Gasteiger partial charge in [-0.15, -0.1) is 0 Å². The Morgan fingerprint density at radius 2 is 2.11 bits per heavy atom. The maximum atomic E-state index is 12.2. The predicted molar refractivity (Wildman–Crippen MR) is 75.6 cm³/mol. The number of rotatable bonds is 4. The normalized spacial score (nSPS) is 20.9. The number of hydrogen-bond donors (Lipinski definition) is 1. The van der Waals surface area contributed by atoms with Gasteiger partial charge in [0.05, 0.1) is 21.8 Å². The van der Waals surface area contributed by atoms with Gasteiger partial charge in [-0.2, -0.15) is 0 Å². The van der Waals surface area contributed by atoms with Gasteiger partial charge in [-0.1, -0.05) is 23.2 Å². The molecule has 0 unspecified atom stereocenters. The second-order valence-corrected chi connectivity index (χ2v) is 7.56. The van der Waals surface area contributed by atoms with Crippen molar-refractivity contribution in [3.8, 4) is 0 Å². The van der Waals surface area contributed by atoms with Crippen molar-refractivity contribution in [2.75, 3.05) is 25.4 Å². The molecule has 7 heteroatoms. The maximum absolute atomic E-state index is 12.2. The van der Waals surface area contributed by atoms with Crippen LogP contribution in [0.3, 0.4) is 0 Å². The third-order valence-corrected chi connectivity index (χ3v) is 5.56. The predicted octanol–water partition coefficient (Wildman–Crippen LogP) is 1.83. The SMILES string of the molecule is O=S(=O)(CCN1CC[C@H](O)C1)c1cc(Cl)ccc1Cl. The number of aliphatic hydroxyl groups is 1. The van der Waals surface area contributed by atoms with Crippen molar-refractivity contribution in [2.45, 2.75) is 17.4 Å². The fraction of sp³-hybridized carbons (Fsp3) is 0.500. The lowest BCUT2D eigenvalue weighted by Crippen LogP contribution is -2.28. The van der Waals surface area contributed by atoms with Gasteiger partial charge in [0, 0.05) is 24.7 Å². The first-order valence-corrected chi connectivity index (χ1v) is 8.37. The molecule has 0 bridgehead atoms. The zero-order chi connectivity index (χ0) is 14.0. The van der Waals surface area contributed by atoms with E-state index >= 15 is 0 Å². The van der Waals surface area contributed by atoms with Crippen molar-refractivity contribution in [2.24, 2.45) is 0 Å². The first-order chi connectivity index (χ1) is 8.88. The highest BCUT2D eigenvalue weighted by Gasteiger charge is 2.24. The quantitative estimate of drug-likeness (QED) is 0.918. The van der Waals surface area contributed by atoms with Crippen molar-refractivity contribution >= 4 is 33.0 Å². The van der Waals surface area contributed by atoms with Crippen LogP contribution in [0.4, 0.5) is 0 Å². The van der Waals surface area contributed by atoms with Crippen molar-refractivity contribution in [3.05, 3.63) is 28.2 Å². The van der Waals surface area contributed by atoms with Crippen LogP contribution >= 0.6 is 23.2 Å². The van der Waals surface area contributed by atoms with Gasteiger partial charge in [-0.25, -0.2) is 8.42 Å². The molecule has 1 aromatic rings. The van der Waals surface area contributed by atoms with Gasteiger partial charge in [0.1, 0.15) is 0 Å². The molecule has 0 aliphatic carbocycles. The molecule has 1 fully saturated rings. The number of aliphatic hydroxyl groups excluding tert-OH is 1. The number of β-amino-alcohol motifs (C(OH)–C–C–N with tert-alkyl or cyclic N) is 1. The summed E-state index contributed by atoms with van der Waals surface area (Å²) in [5.41, 5.74) is 0. The summed E-state index contributed by atoms with van der Waals surface area (Å²) in [5.74, 6) is -0.0280. The van der Waals surface area contributed by atoms with Crippen LogP contribution in [0.5, 0.6) is 0 Å². The summed E-state index contributed by atoms with van der Waals surface area (Å²) in [6.45, 7) is 1.64. The van der Waals surface area contributed by atoms with Crippen molar-refractivity contribution < 1.29 is 13.5 Å². The summed E-state index contributed by atoms with van der Waals surface area (Å²) in [7, 11) is -3.46. The van der Waals surface area contributed by atoms with Crippen LogP contribution < -0.4 is 0 Å². The topological polar surface area (TPSA) is 57.6 Å². The Balaban J connectivity index is 2.08. The van der Waals surface area contributed by atoms with Gasteiger partial charge in [-0.3, -0.25) is 4.90 Å². The summed E-state index contributed by atoms with van der Waals surface area (Å²) in [4.78, 5) is 2.00. The molecule has 106 valence electrons. The smallest absolute Gasteiger partial charge is 0.181 e. The van der Waals surface area contributed by atoms with Gasteiger partial charge in [0.2, 0.25) is 0 Å². The van der Waals surface area contributed by atoms with Crippen LogP contribution in [0.25, 0.3) is 0 Å². The van der Waals surface area contributed by atoms with E-state index in [1.807, 2.05) is 4.90 Å². The van der Waals surface area contributed by atoms with E-state index in [4.69, 9.17) is 23.2 Å². The van der Waals surface area contributed by atoms with Gasteiger partial charge in [0.15, 0.2) is 9.84 Å². The van der Waals surface area contributed by atoms with Gasteiger partial charge in [0.25, 0.3) is 0 Å². The molecule has 2 rings (SSSR count). The fourth-order valence-corrected chi connectivity index (χ4v) is 4.19. The van der Waals surface area contributed by atoms with E-state index in [2.05, 4.69) is 0 Å².